The van der Waals surface area contributed by atoms with Crippen LogP contribution in [0.2, 0.25) is 0 Å². The summed E-state index contributed by atoms with van der Waals surface area (Å²) in [5.74, 6) is 2.49. The average molecular weight is 518 g/mol. The summed E-state index contributed by atoms with van der Waals surface area (Å²) in [6, 6.07) is 8.21. The molecule has 4 aromatic rings. The molecule has 5 nitrogen and oxygen atoms in total. The Kier molecular flexibility index (Phi) is 10.1. The van der Waals surface area contributed by atoms with Crippen molar-refractivity contribution >= 4 is 27.5 Å². The quantitative estimate of drug-likeness (QED) is 0.206. The van der Waals surface area contributed by atoms with Gasteiger partial charge in [-0.05, 0) is 43.2 Å². The highest BCUT2D eigenvalue weighted by molar-refractivity contribution is 6.02. The number of pyridine rings is 1. The highest BCUT2D eigenvalue weighted by Crippen LogP contribution is 2.45. The summed E-state index contributed by atoms with van der Waals surface area (Å²) in [7, 11) is 0. The first-order valence-corrected chi connectivity index (χ1v) is 13.3. The highest BCUT2D eigenvalue weighted by atomic mass is 19.1. The smallest absolute Gasteiger partial charge is 0.175 e. The molecule has 2 aromatic carbocycles. The lowest BCUT2D eigenvalue weighted by molar-refractivity contribution is 0.541. The number of benzene rings is 2. The fraction of sp³-hybridized carbons (Fsp3) is 0.387. The Morgan fingerprint density at radius 1 is 1.05 bits per heavy atom. The molecule has 0 bridgehead atoms. The number of nitrogens with zero attached hydrogens (tertiary/aromatic N) is 3. The number of rotatable bonds is 6. The molecule has 1 saturated carbocycles. The maximum atomic E-state index is 15.5. The first-order valence-electron chi connectivity index (χ1n) is 13.3. The van der Waals surface area contributed by atoms with Crippen LogP contribution in [0.25, 0.3) is 32.9 Å². The van der Waals surface area contributed by atoms with Crippen LogP contribution in [-0.4, -0.2) is 21.5 Å². The van der Waals surface area contributed by atoms with E-state index in [1.165, 1.54) is 31.7 Å². The highest BCUT2D eigenvalue weighted by Gasteiger charge is 2.31. The second-order valence-corrected chi connectivity index (χ2v) is 9.57. The molecule has 0 radical (unpaired) electrons. The molecule has 0 atom stereocenters. The molecule has 7 heteroatoms. The average Bonchev–Trinajstić information content (AvgIpc) is 3.76. The van der Waals surface area contributed by atoms with E-state index in [4.69, 9.17) is 17.9 Å². The maximum absolute atomic E-state index is 15.5. The largest absolute Gasteiger partial charge is 0.383 e. The zero-order valence-corrected chi connectivity index (χ0v) is 22.7. The minimum Gasteiger partial charge on any atom is -0.383 e. The Morgan fingerprint density at radius 3 is 2.42 bits per heavy atom. The van der Waals surface area contributed by atoms with Gasteiger partial charge in [-0.1, -0.05) is 70.7 Å². The Morgan fingerprint density at radius 2 is 1.79 bits per heavy atom. The van der Waals surface area contributed by atoms with Crippen molar-refractivity contribution < 1.29 is 8.78 Å². The van der Waals surface area contributed by atoms with Crippen LogP contribution in [0.5, 0.6) is 0 Å². The Labute approximate surface area is 224 Å². The lowest BCUT2D eigenvalue weighted by Crippen LogP contribution is -2.04. The molecule has 2 aromatic heterocycles. The molecule has 38 heavy (non-hydrogen) atoms. The van der Waals surface area contributed by atoms with Crippen molar-refractivity contribution in [3.8, 4) is 23.6 Å². The van der Waals surface area contributed by atoms with E-state index in [1.807, 2.05) is 13.8 Å². The standard InChI is InChI=1S/C22H14F2N4.C7H17N.C2H6/c1-2-13-15(23)9-8-11-4-3-5-14(16(11)13)20-18(24)21-17(22(25)27-10-26-21)19(28-20)12-6-7-12;1-7(2)5-3-4-6-8;1-2/h1,3-5,8-10,12H,6-7H2,(H2,25,26,27);7H,3-6,8H2,1-2H3;1-2H3. The predicted molar refractivity (Wildman–Crippen MR) is 154 cm³/mol. The normalized spacial score (nSPS) is 12.5. The van der Waals surface area contributed by atoms with Crippen LogP contribution in [0.15, 0.2) is 36.7 Å². The van der Waals surface area contributed by atoms with Gasteiger partial charge in [-0.2, -0.15) is 0 Å². The number of nitrogens with two attached hydrogens (primary N) is 2. The van der Waals surface area contributed by atoms with Crippen molar-refractivity contribution in [2.24, 2.45) is 11.7 Å². The summed E-state index contributed by atoms with van der Waals surface area (Å²) < 4.78 is 29.9. The van der Waals surface area contributed by atoms with Gasteiger partial charge in [0.2, 0.25) is 0 Å². The summed E-state index contributed by atoms with van der Waals surface area (Å²) in [6.07, 6.45) is 12.5. The number of aromatic nitrogens is 3. The van der Waals surface area contributed by atoms with E-state index >= 15 is 4.39 Å². The molecule has 1 fully saturated rings. The van der Waals surface area contributed by atoms with Gasteiger partial charge in [0.15, 0.2) is 5.82 Å². The minimum absolute atomic E-state index is 0.0876. The van der Waals surface area contributed by atoms with Crippen LogP contribution in [-0.2, 0) is 0 Å². The molecule has 0 unspecified atom stereocenters. The maximum Gasteiger partial charge on any atom is 0.175 e. The molecule has 5 rings (SSSR count). The third kappa shape index (κ3) is 6.25. The summed E-state index contributed by atoms with van der Waals surface area (Å²) >= 11 is 0. The van der Waals surface area contributed by atoms with Gasteiger partial charge < -0.3 is 11.5 Å². The predicted octanol–water partition coefficient (Wildman–Crippen LogP) is 7.36. The van der Waals surface area contributed by atoms with Crippen LogP contribution in [0.3, 0.4) is 0 Å². The van der Waals surface area contributed by atoms with Gasteiger partial charge in [-0.25, -0.2) is 23.7 Å². The summed E-state index contributed by atoms with van der Waals surface area (Å²) in [4.78, 5) is 12.7. The zero-order valence-electron chi connectivity index (χ0n) is 22.7. The van der Waals surface area contributed by atoms with Gasteiger partial charge in [-0.15, -0.1) is 6.42 Å². The van der Waals surface area contributed by atoms with Gasteiger partial charge in [-0.3, -0.25) is 0 Å². The number of halogens is 2. The van der Waals surface area contributed by atoms with E-state index in [-0.39, 0.29) is 28.5 Å². The number of fused-ring (bicyclic) bond motifs is 2. The van der Waals surface area contributed by atoms with E-state index in [9.17, 15) is 4.39 Å². The third-order valence-corrected chi connectivity index (χ3v) is 6.37. The van der Waals surface area contributed by atoms with Crippen LogP contribution < -0.4 is 11.5 Å². The Hall–Kier alpha value is -3.63. The summed E-state index contributed by atoms with van der Waals surface area (Å²) in [6.45, 7) is 9.35. The monoisotopic (exact) mass is 517 g/mol. The van der Waals surface area contributed by atoms with Crippen molar-refractivity contribution in [3.05, 3.63) is 59.6 Å². The number of hydrogen-bond donors (Lipinski definition) is 2. The van der Waals surface area contributed by atoms with Gasteiger partial charge in [0.1, 0.15) is 29.2 Å². The molecule has 200 valence electrons. The van der Waals surface area contributed by atoms with E-state index in [0.29, 0.717) is 27.4 Å². The van der Waals surface area contributed by atoms with Crippen LogP contribution >= 0.6 is 0 Å². The Bertz CT molecular complexity index is 1440. The first kappa shape index (κ1) is 28.9. The van der Waals surface area contributed by atoms with Crippen molar-refractivity contribution in [2.75, 3.05) is 12.3 Å². The molecular formula is C31H37F2N5. The SMILES string of the molecule is C#Cc1c(F)ccc2cccc(-c3nc(C4CC4)c4c(N)ncnc4c3F)c12.CC.CC(C)CCCCN. The van der Waals surface area contributed by atoms with E-state index in [2.05, 4.69) is 34.7 Å². The van der Waals surface area contributed by atoms with Crippen molar-refractivity contribution in [1.29, 1.82) is 0 Å². The summed E-state index contributed by atoms with van der Waals surface area (Å²) in [5, 5.41) is 1.62. The first-order chi connectivity index (χ1) is 18.4. The molecule has 0 saturated heterocycles. The molecule has 1 aliphatic rings. The van der Waals surface area contributed by atoms with Crippen LogP contribution in [0, 0.1) is 29.9 Å². The number of hydrogen-bond acceptors (Lipinski definition) is 5. The van der Waals surface area contributed by atoms with Crippen molar-refractivity contribution in [3.63, 3.8) is 0 Å². The zero-order chi connectivity index (χ0) is 27.8. The van der Waals surface area contributed by atoms with Gasteiger partial charge in [0.05, 0.1) is 16.6 Å². The molecule has 2 heterocycles. The lowest BCUT2D eigenvalue weighted by Gasteiger charge is -2.14. The van der Waals surface area contributed by atoms with Crippen molar-refractivity contribution in [2.45, 2.75) is 65.7 Å². The molecule has 1 aliphatic carbocycles. The number of terminal acetylenes is 1. The molecule has 0 aliphatic heterocycles. The van der Waals surface area contributed by atoms with E-state index in [0.717, 1.165) is 25.3 Å². The number of unbranched alkanes of at least 4 members (excludes halogenated alkanes) is 1. The number of nitrogen functional groups attached to an aromatic ring is 1. The van der Waals surface area contributed by atoms with Crippen LogP contribution in [0.4, 0.5) is 14.6 Å². The fourth-order valence-corrected chi connectivity index (χ4v) is 4.38. The van der Waals surface area contributed by atoms with Crippen molar-refractivity contribution in [1.82, 2.24) is 15.0 Å². The molecular weight excluding hydrogens is 480 g/mol. The van der Waals surface area contributed by atoms with Gasteiger partial charge in [0, 0.05) is 16.9 Å². The summed E-state index contributed by atoms with van der Waals surface area (Å²) in [5.41, 5.74) is 12.7. The molecule has 0 spiro atoms. The molecule has 0 amide bonds. The minimum atomic E-state index is -0.617. The fourth-order valence-electron chi connectivity index (χ4n) is 4.38. The van der Waals surface area contributed by atoms with E-state index < -0.39 is 11.6 Å². The molecule has 4 N–H and O–H groups in total. The van der Waals surface area contributed by atoms with Crippen LogP contribution in [0.1, 0.15) is 77.0 Å². The number of anilines is 1. The van der Waals surface area contributed by atoms with Gasteiger partial charge in [0.25, 0.3) is 0 Å². The lowest BCUT2D eigenvalue weighted by atomic mass is 9.95. The van der Waals surface area contributed by atoms with E-state index in [1.54, 1.807) is 24.3 Å². The Balaban J connectivity index is 0.000000346. The van der Waals surface area contributed by atoms with Gasteiger partial charge >= 0.3 is 0 Å². The second-order valence-electron chi connectivity index (χ2n) is 9.57. The second kappa shape index (κ2) is 13.3. The third-order valence-electron chi connectivity index (χ3n) is 6.37. The topological polar surface area (TPSA) is 90.7 Å².